The molecule has 5 N–H and O–H groups in total. The minimum absolute atomic E-state index is 0.00370. The Kier molecular flexibility index (Phi) is 27.0. The molecule has 0 rings (SSSR count). The fraction of sp³-hybridized carbons (Fsp3) is 0.870. The van der Waals surface area contributed by atoms with Crippen molar-refractivity contribution >= 4 is 17.9 Å². The first kappa shape index (κ1) is 35.8. The number of hydrogen-bond donors (Lipinski definition) is 5. The molecule has 0 heterocycles. The molecule has 1 unspecified atom stereocenters. The van der Waals surface area contributed by atoms with Crippen molar-refractivity contribution in [2.75, 3.05) is 33.7 Å². The largest absolute Gasteiger partial charge is 0.481 e. The molecule has 0 bridgehead atoms. The van der Waals surface area contributed by atoms with Crippen molar-refractivity contribution in [3.8, 4) is 0 Å². The Morgan fingerprint density at radius 2 is 1.18 bits per heavy atom. The number of hydrogen-bond acceptors (Lipinski definition) is 7. The Bertz CT molecular complexity index is 483. The number of carbonyl (C=O) groups is 3. The molecule has 0 aliphatic rings. The number of carboxylic acid groups (broad SMARTS) is 3. The van der Waals surface area contributed by atoms with Crippen LogP contribution in [0.2, 0.25) is 0 Å². The summed E-state index contributed by atoms with van der Waals surface area (Å²) in [5.41, 5.74) is 0. The minimum atomic E-state index is -1.47. The maximum absolute atomic E-state index is 10.7. The second-order valence-corrected chi connectivity index (χ2v) is 8.29. The van der Waals surface area contributed by atoms with E-state index in [0.717, 1.165) is 19.8 Å². The van der Waals surface area contributed by atoms with Crippen LogP contribution in [0.3, 0.4) is 0 Å². The van der Waals surface area contributed by atoms with E-state index in [9.17, 15) is 9.59 Å². The Morgan fingerprint density at radius 3 is 1.45 bits per heavy atom. The lowest BCUT2D eigenvalue weighted by Gasteiger charge is -2.20. The molecule has 0 radical (unpaired) electrons. The predicted molar refractivity (Wildman–Crippen MR) is 128 cm³/mol. The molecule has 0 amide bonds. The number of likely N-dealkylation sites (N-methyl/N-ethyl adjacent to an activating group) is 1. The normalized spacial score (nSPS) is 11.5. The zero-order valence-electron chi connectivity index (χ0n) is 21.2. The molecular formula is C23H48N2O8. The lowest BCUT2D eigenvalue weighted by Crippen LogP contribution is -2.37. The van der Waals surface area contributed by atoms with Crippen LogP contribution in [0.25, 0.3) is 0 Å². The van der Waals surface area contributed by atoms with E-state index in [1.54, 1.807) is 30.8 Å². The minimum Gasteiger partial charge on any atom is -0.481 e. The standard InChI is InChI=1S/C16H33NO4.C5H11NO2.C2H4O2/c1-2-3-4-5-6-7-8-9-10-11-12-17(13-15(18)19)14-16(20)21;1-4(5(7)8)6(2)3;1-2(3)4/h15,18-19H,2-14H2,1H3,(H,20,21);4H,1-3H3,(H,7,8);1H3,(H,3,4). The van der Waals surface area contributed by atoms with Gasteiger partial charge in [-0.2, -0.15) is 0 Å². The lowest BCUT2D eigenvalue weighted by molar-refractivity contribution is -0.142. The van der Waals surface area contributed by atoms with Gasteiger partial charge < -0.3 is 25.5 Å². The molecule has 0 aromatic heterocycles. The zero-order chi connectivity index (χ0) is 26.2. The van der Waals surface area contributed by atoms with E-state index in [0.29, 0.717) is 6.54 Å². The molecule has 0 aromatic carbocycles. The summed E-state index contributed by atoms with van der Waals surface area (Å²) in [6.07, 6.45) is 10.9. The molecule has 10 heteroatoms. The van der Waals surface area contributed by atoms with Gasteiger partial charge in [0.05, 0.1) is 6.54 Å². The van der Waals surface area contributed by atoms with E-state index in [-0.39, 0.29) is 19.1 Å². The second kappa shape index (κ2) is 24.9. The van der Waals surface area contributed by atoms with Crippen LogP contribution in [0.4, 0.5) is 0 Å². The molecule has 0 fully saturated rings. The maximum Gasteiger partial charge on any atom is 0.320 e. The van der Waals surface area contributed by atoms with Gasteiger partial charge in [-0.05, 0) is 34.0 Å². The molecule has 0 aliphatic heterocycles. The molecule has 0 spiro atoms. The average Bonchev–Trinajstić information content (AvgIpc) is 2.67. The first-order chi connectivity index (χ1) is 15.3. The fourth-order valence-electron chi connectivity index (χ4n) is 2.70. The first-order valence-corrected chi connectivity index (χ1v) is 11.7. The summed E-state index contributed by atoms with van der Waals surface area (Å²) in [6.45, 7) is 5.44. The van der Waals surface area contributed by atoms with E-state index in [1.807, 2.05) is 0 Å². The van der Waals surface area contributed by atoms with Gasteiger partial charge >= 0.3 is 11.9 Å². The summed E-state index contributed by atoms with van der Waals surface area (Å²) in [5.74, 6) is -2.54. The molecule has 0 saturated carbocycles. The van der Waals surface area contributed by atoms with Gasteiger partial charge in [0.25, 0.3) is 5.97 Å². The second-order valence-electron chi connectivity index (χ2n) is 8.29. The van der Waals surface area contributed by atoms with Gasteiger partial charge in [-0.25, -0.2) is 0 Å². The van der Waals surface area contributed by atoms with Crippen molar-refractivity contribution in [3.05, 3.63) is 0 Å². The van der Waals surface area contributed by atoms with Gasteiger partial charge in [-0.1, -0.05) is 64.7 Å². The quantitative estimate of drug-likeness (QED) is 0.155. The van der Waals surface area contributed by atoms with Crippen LogP contribution in [-0.2, 0) is 14.4 Å². The van der Waals surface area contributed by atoms with Gasteiger partial charge in [-0.3, -0.25) is 24.2 Å². The Morgan fingerprint density at radius 1 is 0.788 bits per heavy atom. The van der Waals surface area contributed by atoms with Gasteiger partial charge in [0.15, 0.2) is 6.29 Å². The highest BCUT2D eigenvalue weighted by atomic mass is 16.5. The van der Waals surface area contributed by atoms with Crippen molar-refractivity contribution in [2.24, 2.45) is 0 Å². The summed E-state index contributed by atoms with van der Waals surface area (Å²) in [5, 5.41) is 42.3. The van der Waals surface area contributed by atoms with Crippen LogP contribution in [0.15, 0.2) is 0 Å². The summed E-state index contributed by atoms with van der Waals surface area (Å²) in [4.78, 5) is 33.0. The highest BCUT2D eigenvalue weighted by molar-refractivity contribution is 5.72. The number of nitrogens with zero attached hydrogens (tertiary/aromatic N) is 2. The van der Waals surface area contributed by atoms with Gasteiger partial charge in [0.2, 0.25) is 0 Å². The SMILES string of the molecule is CC(=O)O.CC(C(=O)O)N(C)C.CCCCCCCCCCCCN(CC(=O)O)CC(O)O. The Labute approximate surface area is 199 Å². The summed E-state index contributed by atoms with van der Waals surface area (Å²) in [6, 6.07) is -0.380. The van der Waals surface area contributed by atoms with Gasteiger partial charge in [0, 0.05) is 13.5 Å². The van der Waals surface area contributed by atoms with E-state index in [2.05, 4.69) is 6.92 Å². The Hall–Kier alpha value is -1.75. The molecule has 0 aliphatic carbocycles. The van der Waals surface area contributed by atoms with E-state index >= 15 is 0 Å². The third kappa shape index (κ3) is 35.0. The number of aliphatic hydroxyl groups excluding tert-OH is 1. The van der Waals surface area contributed by atoms with Crippen LogP contribution < -0.4 is 0 Å². The van der Waals surface area contributed by atoms with E-state index in [1.165, 1.54) is 51.4 Å². The highest BCUT2D eigenvalue weighted by Crippen LogP contribution is 2.10. The van der Waals surface area contributed by atoms with Crippen molar-refractivity contribution in [2.45, 2.75) is 97.3 Å². The van der Waals surface area contributed by atoms with Crippen molar-refractivity contribution in [3.63, 3.8) is 0 Å². The third-order valence-electron chi connectivity index (χ3n) is 4.74. The fourth-order valence-corrected chi connectivity index (χ4v) is 2.70. The van der Waals surface area contributed by atoms with Crippen LogP contribution in [0.5, 0.6) is 0 Å². The highest BCUT2D eigenvalue weighted by Gasteiger charge is 2.12. The molecule has 1 atom stereocenters. The van der Waals surface area contributed by atoms with Crippen LogP contribution in [0.1, 0.15) is 85.0 Å². The number of aliphatic carboxylic acids is 3. The summed E-state index contributed by atoms with van der Waals surface area (Å²) in [7, 11) is 3.47. The Balaban J connectivity index is -0.000000615. The maximum atomic E-state index is 10.7. The lowest BCUT2D eigenvalue weighted by atomic mass is 10.1. The van der Waals surface area contributed by atoms with Crippen LogP contribution >= 0.6 is 0 Å². The van der Waals surface area contributed by atoms with Gasteiger partial charge in [-0.15, -0.1) is 0 Å². The number of aliphatic hydroxyl groups is 2. The third-order valence-corrected chi connectivity index (χ3v) is 4.74. The smallest absolute Gasteiger partial charge is 0.320 e. The number of carboxylic acids is 3. The van der Waals surface area contributed by atoms with Crippen LogP contribution in [-0.4, -0.2) is 99.3 Å². The number of unbranched alkanes of at least 4 members (excludes halogenated alkanes) is 9. The predicted octanol–water partition coefficient (Wildman–Crippen LogP) is 2.72. The van der Waals surface area contributed by atoms with E-state index < -0.39 is 24.2 Å². The monoisotopic (exact) mass is 480 g/mol. The molecular weight excluding hydrogens is 432 g/mol. The molecule has 33 heavy (non-hydrogen) atoms. The first-order valence-electron chi connectivity index (χ1n) is 11.7. The topological polar surface area (TPSA) is 159 Å². The summed E-state index contributed by atoms with van der Waals surface area (Å²) >= 11 is 0. The van der Waals surface area contributed by atoms with Gasteiger partial charge in [0.1, 0.15) is 6.04 Å². The molecule has 10 nitrogen and oxygen atoms in total. The molecule has 198 valence electrons. The average molecular weight is 481 g/mol. The van der Waals surface area contributed by atoms with Crippen LogP contribution in [0, 0.1) is 0 Å². The van der Waals surface area contributed by atoms with Crippen molar-refractivity contribution < 1.29 is 39.9 Å². The molecule has 0 aromatic rings. The number of rotatable bonds is 17. The van der Waals surface area contributed by atoms with E-state index in [4.69, 9.17) is 30.3 Å². The summed E-state index contributed by atoms with van der Waals surface area (Å²) < 4.78 is 0. The van der Waals surface area contributed by atoms with Crippen molar-refractivity contribution in [1.82, 2.24) is 9.80 Å². The zero-order valence-corrected chi connectivity index (χ0v) is 21.2. The molecule has 0 saturated heterocycles. The van der Waals surface area contributed by atoms with Crippen molar-refractivity contribution in [1.29, 1.82) is 0 Å².